The van der Waals surface area contributed by atoms with Gasteiger partial charge in [-0.3, -0.25) is 5.21 Å². The number of allylic oxidation sites excluding steroid dienone is 2. The first kappa shape index (κ1) is 15.3. The number of amides is 1. The summed E-state index contributed by atoms with van der Waals surface area (Å²) in [4.78, 5) is 18.8. The van der Waals surface area contributed by atoms with Crippen molar-refractivity contribution in [2.45, 2.75) is 6.04 Å². The summed E-state index contributed by atoms with van der Waals surface area (Å²) in [6.07, 6.45) is 4.81. The number of hydrogen-bond donors (Lipinski definition) is 2. The highest BCUT2D eigenvalue weighted by Gasteiger charge is 2.49. The van der Waals surface area contributed by atoms with Crippen LogP contribution in [0, 0.1) is 0 Å². The van der Waals surface area contributed by atoms with Crippen molar-refractivity contribution < 1.29 is 29.4 Å². The Hall–Kier alpha value is -2.64. The van der Waals surface area contributed by atoms with Gasteiger partial charge in [0.25, 0.3) is 0 Å². The minimum atomic E-state index is -0.510. The molecular formula is C16H19N3O4+2. The van der Waals surface area contributed by atoms with Crippen LogP contribution in [0.4, 0.5) is 16.2 Å². The van der Waals surface area contributed by atoms with Crippen molar-refractivity contribution in [2.75, 3.05) is 21.2 Å². The van der Waals surface area contributed by atoms with E-state index in [0.717, 1.165) is 10.4 Å². The number of nitrogens with one attached hydrogen (secondary N) is 1. The standard InChI is InChI=1S/C16H18N3O4/c1-17(2)16(20)23-14-10-6-9-13-15(14)18(21)11-7-4-5-8-12(11)19(13)22-3/h4-10,13,21H,1-3H3/q+1/p+1. The summed E-state index contributed by atoms with van der Waals surface area (Å²) in [5.74, 6) is 0.294. The first-order valence-corrected chi connectivity index (χ1v) is 7.18. The molecule has 1 aliphatic heterocycles. The first-order chi connectivity index (χ1) is 11.0. The van der Waals surface area contributed by atoms with Gasteiger partial charge in [0.1, 0.15) is 0 Å². The summed E-state index contributed by atoms with van der Waals surface area (Å²) in [5, 5.41) is 11.3. The quantitative estimate of drug-likeness (QED) is 0.625. The Morgan fingerprint density at radius 2 is 2.09 bits per heavy atom. The third-order valence-electron chi connectivity index (χ3n) is 3.79. The lowest BCUT2D eigenvalue weighted by Crippen LogP contribution is -3.12. The maximum atomic E-state index is 11.9. The number of benzene rings is 1. The fourth-order valence-corrected chi connectivity index (χ4v) is 2.70. The molecule has 2 aliphatic rings. The Morgan fingerprint density at radius 3 is 2.78 bits per heavy atom. The molecule has 1 aliphatic carbocycles. The molecule has 1 aromatic rings. The highest BCUT2D eigenvalue weighted by atomic mass is 16.7. The smallest absolute Gasteiger partial charge is 0.403 e. The normalized spacial score (nSPS) is 22.1. The minimum absolute atomic E-state index is 0.294. The van der Waals surface area contributed by atoms with E-state index in [9.17, 15) is 10.0 Å². The van der Waals surface area contributed by atoms with Crippen LogP contribution >= 0.6 is 0 Å². The second kappa shape index (κ2) is 5.86. The van der Waals surface area contributed by atoms with Crippen molar-refractivity contribution in [1.29, 1.82) is 0 Å². The molecule has 1 heterocycles. The summed E-state index contributed by atoms with van der Waals surface area (Å²) < 4.78 is 6.45. The molecular weight excluding hydrogens is 298 g/mol. The zero-order chi connectivity index (χ0) is 16.6. The second-order valence-electron chi connectivity index (χ2n) is 5.44. The topological polar surface area (TPSA) is 66.5 Å². The summed E-state index contributed by atoms with van der Waals surface area (Å²) in [6, 6.07) is 7.04. The van der Waals surface area contributed by atoms with E-state index in [1.807, 2.05) is 24.3 Å². The SMILES string of the molecule is CO[NH+]1c2ccccc2[N+](O)=C2C(OC(=O)N(C)C)=CC=CC21. The molecule has 120 valence electrons. The zero-order valence-corrected chi connectivity index (χ0v) is 13.2. The predicted octanol–water partition coefficient (Wildman–Crippen LogP) is 0.773. The van der Waals surface area contributed by atoms with Gasteiger partial charge in [-0.2, -0.15) is 0 Å². The Bertz CT molecular complexity index is 737. The Balaban J connectivity index is 2.10. The molecule has 2 atom stereocenters. The highest BCUT2D eigenvalue weighted by molar-refractivity contribution is 6.03. The summed E-state index contributed by atoms with van der Waals surface area (Å²) in [5.41, 5.74) is 1.84. The van der Waals surface area contributed by atoms with Crippen molar-refractivity contribution >= 4 is 23.2 Å². The molecule has 1 amide bonds. The molecule has 0 spiro atoms. The summed E-state index contributed by atoms with van der Waals surface area (Å²) in [6.45, 7) is 0. The van der Waals surface area contributed by atoms with E-state index in [1.54, 1.807) is 39.4 Å². The minimum Gasteiger partial charge on any atom is -0.403 e. The Morgan fingerprint density at radius 1 is 1.35 bits per heavy atom. The maximum absolute atomic E-state index is 11.9. The number of carbonyl (C=O) groups excluding carboxylic acids is 1. The number of carbonyl (C=O) groups is 1. The van der Waals surface area contributed by atoms with Crippen LogP contribution in [0.25, 0.3) is 0 Å². The van der Waals surface area contributed by atoms with Crippen LogP contribution in [0.2, 0.25) is 0 Å². The molecule has 0 aromatic heterocycles. The lowest BCUT2D eigenvalue weighted by Gasteiger charge is -2.26. The monoisotopic (exact) mass is 317 g/mol. The average Bonchev–Trinajstić information content (AvgIpc) is 2.55. The second-order valence-corrected chi connectivity index (χ2v) is 5.44. The van der Waals surface area contributed by atoms with Gasteiger partial charge < -0.3 is 9.64 Å². The van der Waals surface area contributed by atoms with Gasteiger partial charge >= 0.3 is 17.5 Å². The molecule has 3 rings (SSSR count). The van der Waals surface area contributed by atoms with Crippen LogP contribution in [-0.4, -0.2) is 53.9 Å². The number of hydroxylamine groups is 1. The van der Waals surface area contributed by atoms with Crippen LogP contribution in [0.15, 0.2) is 48.3 Å². The third kappa shape index (κ3) is 2.49. The average molecular weight is 317 g/mol. The Kier molecular flexibility index (Phi) is 3.89. The lowest BCUT2D eigenvalue weighted by molar-refractivity contribution is -1.05. The van der Waals surface area contributed by atoms with E-state index in [4.69, 9.17) is 9.57 Å². The number of quaternary nitrogens is 1. The number of para-hydroxylation sites is 2. The van der Waals surface area contributed by atoms with E-state index >= 15 is 0 Å². The van der Waals surface area contributed by atoms with E-state index < -0.39 is 6.09 Å². The number of hydrogen-bond acceptors (Lipinski definition) is 4. The molecule has 1 aromatic carbocycles. The van der Waals surface area contributed by atoms with Crippen molar-refractivity contribution in [3.05, 3.63) is 48.3 Å². The van der Waals surface area contributed by atoms with Crippen molar-refractivity contribution in [1.82, 2.24) is 4.90 Å². The molecule has 0 radical (unpaired) electrons. The Labute approximate surface area is 133 Å². The summed E-state index contributed by atoms with van der Waals surface area (Å²) >= 11 is 0. The van der Waals surface area contributed by atoms with Gasteiger partial charge in [-0.1, -0.05) is 18.2 Å². The molecule has 2 unspecified atom stereocenters. The number of ether oxygens (including phenoxy) is 1. The molecule has 0 bridgehead atoms. The number of rotatable bonds is 2. The van der Waals surface area contributed by atoms with Crippen molar-refractivity contribution in [3.8, 4) is 0 Å². The van der Waals surface area contributed by atoms with E-state index in [2.05, 4.69) is 0 Å². The third-order valence-corrected chi connectivity index (χ3v) is 3.79. The van der Waals surface area contributed by atoms with Crippen LogP contribution < -0.4 is 5.06 Å². The van der Waals surface area contributed by atoms with Gasteiger partial charge in [-0.25, -0.2) is 9.63 Å². The highest BCUT2D eigenvalue weighted by Crippen LogP contribution is 2.27. The maximum Gasteiger partial charge on any atom is 0.414 e. The largest absolute Gasteiger partial charge is 0.414 e. The summed E-state index contributed by atoms with van der Waals surface area (Å²) in [7, 11) is 4.79. The van der Waals surface area contributed by atoms with Crippen LogP contribution in [0.5, 0.6) is 0 Å². The molecule has 23 heavy (non-hydrogen) atoms. The van der Waals surface area contributed by atoms with Gasteiger partial charge in [0.2, 0.25) is 17.5 Å². The molecule has 7 nitrogen and oxygen atoms in total. The van der Waals surface area contributed by atoms with E-state index in [-0.39, 0.29) is 6.04 Å². The van der Waals surface area contributed by atoms with Gasteiger partial charge in [-0.15, -0.1) is 5.06 Å². The molecule has 0 fully saturated rings. The van der Waals surface area contributed by atoms with Gasteiger partial charge in [-0.05, 0) is 12.2 Å². The number of nitrogens with zero attached hydrogens (tertiary/aromatic N) is 2. The van der Waals surface area contributed by atoms with Gasteiger partial charge in [0.15, 0.2) is 0 Å². The van der Waals surface area contributed by atoms with Crippen LogP contribution in [-0.2, 0) is 9.57 Å². The van der Waals surface area contributed by atoms with Gasteiger partial charge in [0.05, 0.1) is 7.11 Å². The van der Waals surface area contributed by atoms with E-state index in [1.165, 1.54) is 4.90 Å². The van der Waals surface area contributed by atoms with Crippen LogP contribution in [0.1, 0.15) is 0 Å². The molecule has 7 heteroatoms. The van der Waals surface area contributed by atoms with Crippen LogP contribution in [0.3, 0.4) is 0 Å². The van der Waals surface area contributed by atoms with Crippen molar-refractivity contribution in [2.24, 2.45) is 0 Å². The fourth-order valence-electron chi connectivity index (χ4n) is 2.70. The fraction of sp³-hybridized carbons (Fsp3) is 0.250. The lowest BCUT2D eigenvalue weighted by atomic mass is 10.0. The molecule has 0 saturated carbocycles. The first-order valence-electron chi connectivity index (χ1n) is 7.18. The predicted molar refractivity (Wildman–Crippen MR) is 82.0 cm³/mol. The molecule has 0 saturated heterocycles. The molecule has 2 N–H and O–H groups in total. The van der Waals surface area contributed by atoms with E-state index in [0.29, 0.717) is 22.2 Å². The zero-order valence-electron chi connectivity index (χ0n) is 13.2. The van der Waals surface area contributed by atoms with Gasteiger partial charge in [0, 0.05) is 31.0 Å². The number of fused-ring (bicyclic) bond motifs is 2. The van der Waals surface area contributed by atoms with Crippen molar-refractivity contribution in [3.63, 3.8) is 0 Å².